The van der Waals surface area contributed by atoms with E-state index in [4.69, 9.17) is 14.2 Å². The molecular weight excluding hydrogens is 500 g/mol. The van der Waals surface area contributed by atoms with E-state index in [1.165, 1.54) is 0 Å². The van der Waals surface area contributed by atoms with E-state index >= 15 is 0 Å². The van der Waals surface area contributed by atoms with Gasteiger partial charge in [0.05, 0.1) is 11.4 Å². The largest absolute Gasteiger partial charge is 0.484 e. The zero-order chi connectivity index (χ0) is 26.9. The normalized spacial score (nSPS) is 18.7. The van der Waals surface area contributed by atoms with Crippen molar-refractivity contribution in [3.8, 4) is 17.2 Å². The van der Waals surface area contributed by atoms with Gasteiger partial charge >= 0.3 is 0 Å². The summed E-state index contributed by atoms with van der Waals surface area (Å²) in [6.07, 6.45) is 1.02. The van der Waals surface area contributed by atoms with Gasteiger partial charge in [-0.3, -0.25) is 14.4 Å². The summed E-state index contributed by atoms with van der Waals surface area (Å²) in [5.41, 5.74) is 2.92. The fraction of sp³-hybridized carbons (Fsp3) is 0.345. The third kappa shape index (κ3) is 5.01. The maximum absolute atomic E-state index is 13.0. The Labute approximate surface area is 225 Å². The number of benzene rings is 2. The van der Waals surface area contributed by atoms with Gasteiger partial charge < -0.3 is 34.3 Å². The van der Waals surface area contributed by atoms with Crippen molar-refractivity contribution >= 4 is 23.2 Å². The number of piperidine rings is 1. The number of hydrogen-bond acceptors (Lipinski definition) is 7. The lowest BCUT2D eigenvalue weighted by molar-refractivity contribution is -0.118. The second-order valence-corrected chi connectivity index (χ2v) is 10.0. The van der Waals surface area contributed by atoms with Gasteiger partial charge in [0.1, 0.15) is 5.75 Å². The fourth-order valence-corrected chi connectivity index (χ4v) is 5.71. The minimum atomic E-state index is -0.351. The number of carbonyl (C=O) groups is 2. The van der Waals surface area contributed by atoms with Crippen LogP contribution in [0.5, 0.6) is 17.2 Å². The van der Waals surface area contributed by atoms with Crippen molar-refractivity contribution in [1.82, 2.24) is 9.88 Å². The molecule has 4 heterocycles. The summed E-state index contributed by atoms with van der Waals surface area (Å²) < 4.78 is 18.3. The molecule has 2 N–H and O–H groups in total. The lowest BCUT2D eigenvalue weighted by Crippen LogP contribution is -2.47. The highest BCUT2D eigenvalue weighted by atomic mass is 16.7. The van der Waals surface area contributed by atoms with Crippen molar-refractivity contribution in [3.63, 3.8) is 0 Å². The van der Waals surface area contributed by atoms with Crippen LogP contribution in [0.3, 0.4) is 0 Å². The average Bonchev–Trinajstić information content (AvgIpc) is 3.41. The van der Waals surface area contributed by atoms with Crippen LogP contribution in [0.15, 0.2) is 59.4 Å². The van der Waals surface area contributed by atoms with Crippen molar-refractivity contribution in [2.24, 2.45) is 5.92 Å². The summed E-state index contributed by atoms with van der Waals surface area (Å²) in [6, 6.07) is 16.0. The maximum Gasteiger partial charge on any atom is 0.262 e. The molecule has 2 unspecified atom stereocenters. The van der Waals surface area contributed by atoms with Gasteiger partial charge in [0, 0.05) is 55.5 Å². The lowest BCUT2D eigenvalue weighted by Gasteiger charge is -2.44. The molecule has 3 aromatic rings. The number of nitrogens with zero attached hydrogens (tertiary/aromatic N) is 2. The Hall–Kier alpha value is -4.47. The summed E-state index contributed by atoms with van der Waals surface area (Å²) in [4.78, 5) is 40.3. The second kappa shape index (κ2) is 10.4. The summed E-state index contributed by atoms with van der Waals surface area (Å²) in [6.45, 7) is 4.42. The highest BCUT2D eigenvalue weighted by Crippen LogP contribution is 2.39. The number of amides is 2. The van der Waals surface area contributed by atoms with Gasteiger partial charge in [-0.05, 0) is 55.7 Å². The predicted molar refractivity (Wildman–Crippen MR) is 145 cm³/mol. The quantitative estimate of drug-likeness (QED) is 0.483. The SMILES string of the molecule is CCNC(=O)c1ccc(N2CC3CC(C2)c2cccc(=O)n2C3)c(NC(=O)COc2ccc3c(c2)OCO3)c1. The molecule has 2 atom stereocenters. The van der Waals surface area contributed by atoms with Crippen LogP contribution in [0.4, 0.5) is 11.4 Å². The Morgan fingerprint density at radius 1 is 1.03 bits per heavy atom. The third-order valence-electron chi connectivity index (χ3n) is 7.40. The van der Waals surface area contributed by atoms with E-state index in [0.29, 0.717) is 54.1 Å². The highest BCUT2D eigenvalue weighted by molar-refractivity contribution is 6.00. The fourth-order valence-electron chi connectivity index (χ4n) is 5.71. The van der Waals surface area contributed by atoms with Crippen LogP contribution >= 0.6 is 0 Å². The van der Waals surface area contributed by atoms with Crippen molar-refractivity contribution < 1.29 is 23.8 Å². The highest BCUT2D eigenvalue weighted by Gasteiger charge is 2.35. The van der Waals surface area contributed by atoms with E-state index in [2.05, 4.69) is 15.5 Å². The molecular formula is C29H30N4O6. The predicted octanol–water partition coefficient (Wildman–Crippen LogP) is 2.97. The first-order valence-electron chi connectivity index (χ1n) is 13.2. The summed E-state index contributed by atoms with van der Waals surface area (Å²) in [7, 11) is 0. The molecule has 10 nitrogen and oxygen atoms in total. The van der Waals surface area contributed by atoms with Gasteiger partial charge in [-0.15, -0.1) is 0 Å². The Morgan fingerprint density at radius 2 is 1.90 bits per heavy atom. The molecule has 2 aromatic carbocycles. The van der Waals surface area contributed by atoms with Gasteiger partial charge in [-0.25, -0.2) is 0 Å². The molecule has 3 aliphatic rings. The summed E-state index contributed by atoms with van der Waals surface area (Å²) in [5.74, 6) is 1.64. The van der Waals surface area contributed by atoms with Gasteiger partial charge in [-0.2, -0.15) is 0 Å². The van der Waals surface area contributed by atoms with E-state index < -0.39 is 0 Å². The number of aromatic nitrogens is 1. The Balaban J connectivity index is 1.23. The topological polar surface area (TPSA) is 111 Å². The van der Waals surface area contributed by atoms with E-state index in [-0.39, 0.29) is 36.7 Å². The van der Waals surface area contributed by atoms with Crippen molar-refractivity contribution in [3.05, 3.63) is 76.2 Å². The van der Waals surface area contributed by atoms with Crippen LogP contribution in [-0.2, 0) is 11.3 Å². The third-order valence-corrected chi connectivity index (χ3v) is 7.40. The van der Waals surface area contributed by atoms with E-state index in [1.807, 2.05) is 29.7 Å². The van der Waals surface area contributed by atoms with Crippen LogP contribution in [0.1, 0.15) is 35.3 Å². The smallest absolute Gasteiger partial charge is 0.262 e. The zero-order valence-electron chi connectivity index (χ0n) is 21.6. The molecule has 2 bridgehead atoms. The molecule has 0 spiro atoms. The molecule has 0 aliphatic carbocycles. The van der Waals surface area contributed by atoms with Gasteiger partial charge in [-0.1, -0.05) is 6.07 Å². The Bertz CT molecular complexity index is 1480. The number of nitrogens with one attached hydrogen (secondary N) is 2. The van der Waals surface area contributed by atoms with Crippen molar-refractivity contribution in [2.75, 3.05) is 43.3 Å². The molecule has 202 valence electrons. The molecule has 1 aromatic heterocycles. The summed E-state index contributed by atoms with van der Waals surface area (Å²) in [5, 5.41) is 5.78. The molecule has 3 aliphatic heterocycles. The van der Waals surface area contributed by atoms with Crippen LogP contribution in [0.2, 0.25) is 0 Å². The molecule has 1 saturated heterocycles. The zero-order valence-corrected chi connectivity index (χ0v) is 21.6. The number of pyridine rings is 1. The molecule has 2 amide bonds. The summed E-state index contributed by atoms with van der Waals surface area (Å²) >= 11 is 0. The number of ether oxygens (including phenoxy) is 3. The Morgan fingerprint density at radius 3 is 2.77 bits per heavy atom. The molecule has 6 rings (SSSR count). The number of hydrogen-bond donors (Lipinski definition) is 2. The molecule has 1 fully saturated rings. The van der Waals surface area contributed by atoms with Crippen LogP contribution in [-0.4, -0.2) is 49.4 Å². The molecule has 10 heteroatoms. The van der Waals surface area contributed by atoms with Crippen molar-refractivity contribution in [2.45, 2.75) is 25.8 Å². The number of rotatable bonds is 7. The van der Waals surface area contributed by atoms with Crippen LogP contribution in [0, 0.1) is 5.92 Å². The molecule has 39 heavy (non-hydrogen) atoms. The first kappa shape index (κ1) is 24.8. The van der Waals surface area contributed by atoms with Gasteiger partial charge in [0.25, 0.3) is 17.4 Å². The monoisotopic (exact) mass is 530 g/mol. The minimum Gasteiger partial charge on any atom is -0.484 e. The second-order valence-electron chi connectivity index (χ2n) is 10.0. The van der Waals surface area contributed by atoms with Crippen LogP contribution in [0.25, 0.3) is 0 Å². The number of anilines is 2. The standard InChI is InChI=1S/C29H30N4O6/c1-2-30-29(36)19-6-8-24(32-13-18-10-20(15-32)23-4-3-5-28(35)33(23)14-18)22(11-19)31-27(34)16-37-21-7-9-25-26(12-21)39-17-38-25/h3-9,11-12,18,20H,2,10,13-17H2,1H3,(H,30,36)(H,31,34). The lowest BCUT2D eigenvalue weighted by atomic mass is 9.83. The first-order chi connectivity index (χ1) is 19.0. The molecule has 0 radical (unpaired) electrons. The number of carbonyl (C=O) groups excluding carboxylic acids is 2. The van der Waals surface area contributed by atoms with Crippen LogP contribution < -0.4 is 35.3 Å². The van der Waals surface area contributed by atoms with E-state index in [0.717, 1.165) is 24.3 Å². The number of fused-ring (bicyclic) bond motifs is 5. The van der Waals surface area contributed by atoms with Gasteiger partial charge in [0.2, 0.25) is 6.79 Å². The molecule has 0 saturated carbocycles. The average molecular weight is 531 g/mol. The minimum absolute atomic E-state index is 0.0392. The van der Waals surface area contributed by atoms with E-state index in [1.54, 1.807) is 36.4 Å². The van der Waals surface area contributed by atoms with Crippen molar-refractivity contribution in [1.29, 1.82) is 0 Å². The first-order valence-corrected chi connectivity index (χ1v) is 13.2. The maximum atomic E-state index is 13.0. The van der Waals surface area contributed by atoms with E-state index in [9.17, 15) is 14.4 Å². The van der Waals surface area contributed by atoms with Gasteiger partial charge in [0.15, 0.2) is 18.1 Å². The Kier molecular flexibility index (Phi) is 6.60.